The maximum Gasteiger partial charge on any atom is 0.407 e. The molecule has 0 aliphatic carbocycles. The molecule has 1 amide bonds. The molecule has 0 spiro atoms. The molecule has 1 aromatic carbocycles. The van der Waals surface area contributed by atoms with Gasteiger partial charge in [0.25, 0.3) is 0 Å². The molecular formula is C33H56N2O6PS+. The maximum absolute atomic E-state index is 12.1. The van der Waals surface area contributed by atoms with E-state index in [2.05, 4.69) is 12.2 Å². The molecule has 244 valence electrons. The van der Waals surface area contributed by atoms with Gasteiger partial charge in [0.05, 0.1) is 17.6 Å². The number of hydrogen-bond donors (Lipinski definition) is 2. The van der Waals surface area contributed by atoms with Crippen molar-refractivity contribution < 1.29 is 32.8 Å². The predicted octanol–water partition coefficient (Wildman–Crippen LogP) is 8.70. The number of amides is 1. The number of benzene rings is 1. The maximum atomic E-state index is 12.1. The largest absolute Gasteiger partial charge is 0.447 e. The number of methoxy groups -OCH3 is 1. The lowest BCUT2D eigenvalue weighted by Gasteiger charge is -2.18. The number of unbranched alkanes of at least 4 members (excludes halogenated alkanes) is 15. The van der Waals surface area contributed by atoms with Crippen LogP contribution >= 0.6 is 19.9 Å². The number of thiazole rings is 1. The van der Waals surface area contributed by atoms with Gasteiger partial charge in [-0.25, -0.2) is 4.79 Å². The first-order valence-corrected chi connectivity index (χ1v) is 18.4. The molecule has 43 heavy (non-hydrogen) atoms. The van der Waals surface area contributed by atoms with Crippen LogP contribution in [0.3, 0.4) is 0 Å². The highest BCUT2D eigenvalue weighted by atomic mass is 32.1. The van der Waals surface area contributed by atoms with E-state index in [9.17, 15) is 9.69 Å². The third-order valence-corrected chi connectivity index (χ3v) is 8.83. The summed E-state index contributed by atoms with van der Waals surface area (Å²) in [6.45, 7) is 3.56. The monoisotopic (exact) mass is 639 g/mol. The van der Waals surface area contributed by atoms with E-state index in [0.29, 0.717) is 18.8 Å². The fourth-order valence-corrected chi connectivity index (χ4v) is 6.09. The first kappa shape index (κ1) is 37.4. The average Bonchev–Trinajstić information content (AvgIpc) is 3.53. The molecule has 1 aromatic heterocycles. The highest BCUT2D eigenvalue weighted by molar-refractivity contribution is 7.41. The zero-order valence-electron chi connectivity index (χ0n) is 26.6. The van der Waals surface area contributed by atoms with E-state index in [1.165, 1.54) is 97.0 Å². The van der Waals surface area contributed by atoms with Gasteiger partial charge < -0.3 is 24.2 Å². The van der Waals surface area contributed by atoms with E-state index in [4.69, 9.17) is 18.5 Å². The van der Waals surface area contributed by atoms with Gasteiger partial charge >= 0.3 is 14.7 Å². The molecule has 0 aliphatic heterocycles. The van der Waals surface area contributed by atoms with Gasteiger partial charge in [-0.1, -0.05) is 127 Å². The second kappa shape index (κ2) is 25.5. The molecule has 0 bridgehead atoms. The van der Waals surface area contributed by atoms with Crippen LogP contribution in [0.25, 0.3) is 0 Å². The Morgan fingerprint density at radius 1 is 0.907 bits per heavy atom. The predicted molar refractivity (Wildman–Crippen MR) is 175 cm³/mol. The third-order valence-electron chi connectivity index (χ3n) is 7.43. The molecule has 1 heterocycles. The van der Waals surface area contributed by atoms with Crippen LogP contribution in [0.2, 0.25) is 0 Å². The summed E-state index contributed by atoms with van der Waals surface area (Å²) in [6, 6.07) is 7.54. The third kappa shape index (κ3) is 19.3. The Morgan fingerprint density at radius 2 is 1.51 bits per heavy atom. The van der Waals surface area contributed by atoms with Crippen molar-refractivity contribution in [1.82, 2.24) is 5.32 Å². The van der Waals surface area contributed by atoms with E-state index in [1.54, 1.807) is 17.4 Å². The van der Waals surface area contributed by atoms with Crippen LogP contribution < -0.4 is 14.4 Å². The summed E-state index contributed by atoms with van der Waals surface area (Å²) in [5, 5.41) is 4.80. The Labute approximate surface area is 265 Å². The highest BCUT2D eigenvalue weighted by Crippen LogP contribution is 2.36. The molecule has 2 N–H and O–H groups in total. The summed E-state index contributed by atoms with van der Waals surface area (Å²) in [7, 11) is -0.657. The number of rotatable bonds is 27. The highest BCUT2D eigenvalue weighted by Gasteiger charge is 2.18. The fourth-order valence-electron chi connectivity index (χ4n) is 4.80. The van der Waals surface area contributed by atoms with Gasteiger partial charge in [-0.15, -0.1) is 0 Å². The van der Waals surface area contributed by atoms with E-state index in [-0.39, 0.29) is 13.2 Å². The molecule has 2 aromatic rings. The van der Waals surface area contributed by atoms with Crippen LogP contribution in [0, 0.1) is 0 Å². The molecular weight excluding hydrogens is 583 g/mol. The van der Waals surface area contributed by atoms with Crippen LogP contribution in [0.5, 0.6) is 5.75 Å². The summed E-state index contributed by atoms with van der Waals surface area (Å²) in [6.07, 6.45) is 22.2. The number of carbonyl (C=O) groups is 1. The zero-order chi connectivity index (χ0) is 30.8. The van der Waals surface area contributed by atoms with Crippen molar-refractivity contribution in [3.8, 4) is 5.75 Å². The molecule has 0 fully saturated rings. The van der Waals surface area contributed by atoms with E-state index in [1.807, 2.05) is 39.9 Å². The molecule has 2 atom stereocenters. The molecule has 2 rings (SSSR count). The summed E-state index contributed by atoms with van der Waals surface area (Å²) in [5.41, 5.74) is 2.94. The zero-order valence-corrected chi connectivity index (χ0v) is 28.3. The van der Waals surface area contributed by atoms with Gasteiger partial charge in [0.2, 0.25) is 5.51 Å². The number of nitrogens with one attached hydrogen (secondary N) is 1. The molecule has 8 nitrogen and oxygen atoms in total. The van der Waals surface area contributed by atoms with Crippen molar-refractivity contribution >= 4 is 26.0 Å². The summed E-state index contributed by atoms with van der Waals surface area (Å²) < 4.78 is 23.8. The van der Waals surface area contributed by atoms with Gasteiger partial charge in [-0.05, 0) is 18.6 Å². The molecule has 10 heteroatoms. The molecule has 0 radical (unpaired) electrons. The van der Waals surface area contributed by atoms with Gasteiger partial charge in [0.1, 0.15) is 18.5 Å². The van der Waals surface area contributed by atoms with E-state index in [0.717, 1.165) is 18.4 Å². The molecule has 0 saturated heterocycles. The number of para-hydroxylation sites is 1. The first-order chi connectivity index (χ1) is 21.1. The molecule has 0 saturated carbocycles. The lowest BCUT2D eigenvalue weighted by atomic mass is 10.0. The Morgan fingerprint density at radius 3 is 2.09 bits per heavy atom. The quantitative estimate of drug-likeness (QED) is 0.0578. The van der Waals surface area contributed by atoms with Crippen molar-refractivity contribution in [1.29, 1.82) is 0 Å². The second-order valence-corrected chi connectivity index (χ2v) is 12.8. The number of alkyl carbamates (subject to hydrolysis) is 1. The molecule has 0 aliphatic rings. The van der Waals surface area contributed by atoms with Crippen LogP contribution in [0.15, 0.2) is 41.4 Å². The van der Waals surface area contributed by atoms with Crippen LogP contribution in [0.4, 0.5) is 4.79 Å². The second-order valence-electron chi connectivity index (χ2n) is 11.1. The van der Waals surface area contributed by atoms with E-state index < -0.39 is 20.8 Å². The standard InChI is InChI=1S/C33H55N2O6PS/c1-3-4-5-6-7-8-9-10-11-12-13-14-15-16-17-20-23-34-33(36)39-27-31(38-2)28-40-42(37)41-32-22-19-18-21-30(32)26-35-24-25-43-29-35/h18-19,21-22,24-25,29,31,37H,3-17,20,23,26-28H2,1-2H3/p+1. The number of ether oxygens (including phenoxy) is 2. The minimum absolute atomic E-state index is 0.0237. The van der Waals surface area contributed by atoms with Crippen molar-refractivity contribution in [2.45, 2.75) is 122 Å². The van der Waals surface area contributed by atoms with Gasteiger partial charge in [-0.3, -0.25) is 4.52 Å². The lowest BCUT2D eigenvalue weighted by Crippen LogP contribution is -2.31. The summed E-state index contributed by atoms with van der Waals surface area (Å²) >= 11 is 1.61. The first-order valence-electron chi connectivity index (χ1n) is 16.3. The van der Waals surface area contributed by atoms with Crippen molar-refractivity contribution in [3.63, 3.8) is 0 Å². The van der Waals surface area contributed by atoms with Crippen molar-refractivity contribution in [3.05, 3.63) is 46.9 Å². The van der Waals surface area contributed by atoms with Crippen LogP contribution in [0.1, 0.15) is 115 Å². The smallest absolute Gasteiger partial charge is 0.407 e. The summed E-state index contributed by atoms with van der Waals surface area (Å²) in [5.74, 6) is 0.563. The van der Waals surface area contributed by atoms with Crippen molar-refractivity contribution in [2.24, 2.45) is 0 Å². The topological polar surface area (TPSA) is 90.1 Å². The normalized spacial score (nSPS) is 12.6. The number of nitrogens with zero attached hydrogens (tertiary/aromatic N) is 1. The number of aromatic nitrogens is 1. The Hall–Kier alpha value is -1.77. The van der Waals surface area contributed by atoms with Crippen LogP contribution in [-0.2, 0) is 20.5 Å². The Kier molecular flexibility index (Phi) is 22.2. The number of hydrogen-bond acceptors (Lipinski definition) is 7. The minimum Gasteiger partial charge on any atom is -0.447 e. The number of carbonyl (C=O) groups excluding carboxylic acids is 1. The molecule has 2 unspecified atom stereocenters. The summed E-state index contributed by atoms with van der Waals surface area (Å²) in [4.78, 5) is 22.4. The fraction of sp³-hybridized carbons (Fsp3) is 0.697. The lowest BCUT2D eigenvalue weighted by molar-refractivity contribution is -0.683. The Bertz CT molecular complexity index is 936. The van der Waals surface area contributed by atoms with Gasteiger partial charge in [0, 0.05) is 13.7 Å². The van der Waals surface area contributed by atoms with E-state index >= 15 is 0 Å². The van der Waals surface area contributed by atoms with Crippen LogP contribution in [-0.4, -0.2) is 44.0 Å². The van der Waals surface area contributed by atoms with Crippen molar-refractivity contribution in [2.75, 3.05) is 26.9 Å². The SMILES string of the molecule is CCCCCCCCCCCCCCCCCCNC(=O)OCC(COP(O)Oc1ccccc1C[n+]1ccsc1)OC. The Balaban J connectivity index is 1.43. The minimum atomic E-state index is -2.17. The average molecular weight is 640 g/mol. The van der Waals surface area contributed by atoms with Gasteiger partial charge in [-0.2, -0.15) is 4.57 Å². The van der Waals surface area contributed by atoms with Gasteiger partial charge in [0.15, 0.2) is 12.7 Å².